The third kappa shape index (κ3) is 20.2. The molecule has 1 aromatic rings. The lowest BCUT2D eigenvalue weighted by Gasteiger charge is -2.26. The number of carbonyl (C=O) groups is 5. The van der Waals surface area contributed by atoms with Gasteiger partial charge in [-0.1, -0.05) is 0 Å². The second-order valence-electron chi connectivity index (χ2n) is 14.4. The molecule has 0 aliphatic heterocycles. The largest absolute Gasteiger partial charge is 0.458 e. The Morgan fingerprint density at radius 1 is 0.674 bits per heavy atom. The van der Waals surface area contributed by atoms with Crippen LogP contribution in [0.25, 0.3) is 0 Å². The normalized spacial score (nSPS) is 13.1. The Morgan fingerprint density at radius 2 is 1.07 bits per heavy atom. The van der Waals surface area contributed by atoms with Crippen molar-refractivity contribution in [2.24, 2.45) is 5.73 Å². The minimum atomic E-state index is -1.17. The smallest absolute Gasteiger partial charge is 0.408 e. The van der Waals surface area contributed by atoms with Gasteiger partial charge >= 0.3 is 24.1 Å². The number of aryl methyl sites for hydroxylation is 1. The number of ether oxygens (including phenoxy) is 4. The Balaban J connectivity index is 0.000000973. The van der Waals surface area contributed by atoms with Crippen molar-refractivity contribution in [1.82, 2.24) is 16.0 Å². The maximum absolute atomic E-state index is 13.5. The number of alkyl carbamates (subject to hydrolysis) is 2. The summed E-state index contributed by atoms with van der Waals surface area (Å²) in [6.45, 7) is 21.9. The van der Waals surface area contributed by atoms with Crippen molar-refractivity contribution in [3.05, 3.63) is 35.1 Å². The van der Waals surface area contributed by atoms with E-state index in [9.17, 15) is 28.4 Å². The highest BCUT2D eigenvalue weighted by Gasteiger charge is 2.30. The molecule has 1 aromatic carbocycles. The summed E-state index contributed by atoms with van der Waals surface area (Å²) in [5, 5.41) is 7.30. The van der Waals surface area contributed by atoms with Gasteiger partial charge in [-0.3, -0.25) is 4.79 Å². The molecule has 1 rings (SSSR count). The van der Waals surface area contributed by atoms with Crippen LogP contribution in [-0.2, 0) is 28.5 Å². The van der Waals surface area contributed by atoms with Gasteiger partial charge < -0.3 is 40.6 Å². The molecule has 46 heavy (non-hydrogen) atoms. The number of halogens is 1. The number of hydrogen-bond donors (Lipinski definition) is 4. The summed E-state index contributed by atoms with van der Waals surface area (Å²) in [5.74, 6) is -2.42. The van der Waals surface area contributed by atoms with Crippen LogP contribution >= 0.6 is 0 Å². The van der Waals surface area contributed by atoms with Crippen molar-refractivity contribution in [1.29, 1.82) is 0 Å². The summed E-state index contributed by atoms with van der Waals surface area (Å²) >= 11 is 0. The first-order valence-electron chi connectivity index (χ1n) is 14.8. The SMILES string of the molecule is CC(C)(C)OC(=O)N[C@H](CN)C(=O)OC(C)(C)C.Cc1cc(F)cc(C(=O)NC[C@@H](NC(=O)OC(C)(C)C)C(=O)OC(C)(C)C)c1. The number of carbonyl (C=O) groups excluding carboxylic acids is 5. The van der Waals surface area contributed by atoms with Crippen LogP contribution in [0.4, 0.5) is 14.0 Å². The minimum absolute atomic E-state index is 0.0475. The van der Waals surface area contributed by atoms with Crippen LogP contribution < -0.4 is 21.7 Å². The molecule has 0 saturated heterocycles. The van der Waals surface area contributed by atoms with Gasteiger partial charge in [0.25, 0.3) is 5.91 Å². The molecule has 0 heterocycles. The second kappa shape index (κ2) is 17.1. The quantitative estimate of drug-likeness (QED) is 0.233. The fourth-order valence-corrected chi connectivity index (χ4v) is 3.22. The van der Waals surface area contributed by atoms with Crippen LogP contribution in [0.5, 0.6) is 0 Å². The molecule has 0 bridgehead atoms. The van der Waals surface area contributed by atoms with Gasteiger partial charge in [-0.05, 0) is 114 Å². The van der Waals surface area contributed by atoms with Crippen LogP contribution in [-0.4, -0.2) is 77.6 Å². The summed E-state index contributed by atoms with van der Waals surface area (Å²) in [6.07, 6.45) is -1.51. The first-order chi connectivity index (χ1) is 20.6. The van der Waals surface area contributed by atoms with Crippen molar-refractivity contribution in [3.63, 3.8) is 0 Å². The molecule has 5 N–H and O–H groups in total. The fourth-order valence-electron chi connectivity index (χ4n) is 3.22. The molecule has 262 valence electrons. The lowest BCUT2D eigenvalue weighted by Crippen LogP contribution is -2.51. The van der Waals surface area contributed by atoms with Crippen LogP contribution in [0.2, 0.25) is 0 Å². The molecule has 14 heteroatoms. The van der Waals surface area contributed by atoms with E-state index < -0.39 is 70.3 Å². The molecule has 0 fully saturated rings. The minimum Gasteiger partial charge on any atom is -0.458 e. The van der Waals surface area contributed by atoms with E-state index in [0.717, 1.165) is 6.07 Å². The van der Waals surface area contributed by atoms with Crippen molar-refractivity contribution < 1.29 is 47.3 Å². The topological polar surface area (TPSA) is 184 Å². The van der Waals surface area contributed by atoms with E-state index in [-0.39, 0.29) is 18.7 Å². The van der Waals surface area contributed by atoms with Crippen molar-refractivity contribution in [2.75, 3.05) is 13.1 Å². The predicted octanol–water partition coefficient (Wildman–Crippen LogP) is 4.28. The number of hydrogen-bond acceptors (Lipinski definition) is 10. The number of amides is 3. The number of nitrogens with one attached hydrogen (secondary N) is 3. The molecule has 0 radical (unpaired) electrons. The third-order valence-electron chi connectivity index (χ3n) is 4.77. The Labute approximate surface area is 271 Å². The average molecular weight is 657 g/mol. The van der Waals surface area contributed by atoms with Crippen molar-refractivity contribution in [2.45, 2.75) is 124 Å². The van der Waals surface area contributed by atoms with Crippen molar-refractivity contribution >= 4 is 30.0 Å². The Kier molecular flexibility index (Phi) is 15.6. The van der Waals surface area contributed by atoms with Gasteiger partial charge in [0.1, 0.15) is 40.3 Å². The van der Waals surface area contributed by atoms with Crippen LogP contribution in [0.3, 0.4) is 0 Å². The van der Waals surface area contributed by atoms with Gasteiger partial charge in [-0.2, -0.15) is 0 Å². The highest BCUT2D eigenvalue weighted by Crippen LogP contribution is 2.12. The predicted molar refractivity (Wildman–Crippen MR) is 171 cm³/mol. The fraction of sp³-hybridized carbons (Fsp3) is 0.656. The van der Waals surface area contributed by atoms with Crippen LogP contribution in [0.1, 0.15) is 99.0 Å². The van der Waals surface area contributed by atoms with E-state index in [1.807, 2.05) is 0 Å². The molecule has 0 aliphatic rings. The zero-order valence-electron chi connectivity index (χ0n) is 29.4. The lowest BCUT2D eigenvalue weighted by molar-refractivity contribution is -0.158. The zero-order valence-corrected chi connectivity index (χ0v) is 29.4. The summed E-state index contributed by atoms with van der Waals surface area (Å²) in [7, 11) is 0. The Morgan fingerprint density at radius 3 is 1.43 bits per heavy atom. The van der Waals surface area contributed by atoms with Gasteiger partial charge in [0, 0.05) is 18.7 Å². The first-order valence-corrected chi connectivity index (χ1v) is 14.8. The van der Waals surface area contributed by atoms with Gasteiger partial charge in [0.05, 0.1) is 0 Å². The maximum atomic E-state index is 13.5. The monoisotopic (exact) mass is 656 g/mol. The summed E-state index contributed by atoms with van der Waals surface area (Å²) in [4.78, 5) is 60.0. The highest BCUT2D eigenvalue weighted by molar-refractivity contribution is 5.95. The lowest BCUT2D eigenvalue weighted by atomic mass is 10.1. The van der Waals surface area contributed by atoms with Crippen LogP contribution in [0.15, 0.2) is 18.2 Å². The molecule has 0 aliphatic carbocycles. The van der Waals surface area contributed by atoms with Gasteiger partial charge in [-0.25, -0.2) is 23.6 Å². The average Bonchev–Trinajstić information content (AvgIpc) is 2.80. The van der Waals surface area contributed by atoms with E-state index in [2.05, 4.69) is 16.0 Å². The Bertz CT molecular complexity index is 1190. The second-order valence-corrected chi connectivity index (χ2v) is 14.4. The van der Waals surface area contributed by atoms with Crippen LogP contribution in [0, 0.1) is 12.7 Å². The van der Waals surface area contributed by atoms with E-state index in [1.165, 1.54) is 12.1 Å². The zero-order chi connectivity index (χ0) is 36.3. The standard InChI is InChI=1S/C20H29FN2O5.C12H24N2O4/c1-12-8-13(10-14(21)9-12)16(24)22-11-15(17(25)27-19(2,3)4)23-18(26)28-20(5,6)7;1-11(2,3)17-9(15)8(7-13)14-10(16)18-12(4,5)6/h8-10,15H,11H2,1-7H3,(H,22,24)(H,23,26);8H,7,13H2,1-6H3,(H,14,16)/t15-;8-/m11/s1. The molecular formula is C32H53FN4O9. The molecule has 0 saturated carbocycles. The van der Waals surface area contributed by atoms with E-state index in [1.54, 1.807) is 90.0 Å². The first kappa shape index (κ1) is 42.1. The molecule has 0 aromatic heterocycles. The molecule has 13 nitrogen and oxygen atoms in total. The molecule has 0 spiro atoms. The summed E-state index contributed by atoms with van der Waals surface area (Å²) < 4.78 is 34.1. The Hall–Kier alpha value is -3.94. The van der Waals surface area contributed by atoms with E-state index in [4.69, 9.17) is 24.7 Å². The van der Waals surface area contributed by atoms with Gasteiger partial charge in [-0.15, -0.1) is 0 Å². The number of benzene rings is 1. The van der Waals surface area contributed by atoms with Gasteiger partial charge in [0.2, 0.25) is 0 Å². The van der Waals surface area contributed by atoms with E-state index in [0.29, 0.717) is 5.56 Å². The highest BCUT2D eigenvalue weighted by atomic mass is 19.1. The molecular weight excluding hydrogens is 603 g/mol. The summed E-state index contributed by atoms with van der Waals surface area (Å²) in [6, 6.07) is 1.82. The van der Waals surface area contributed by atoms with E-state index >= 15 is 0 Å². The number of esters is 2. The number of rotatable bonds is 8. The van der Waals surface area contributed by atoms with Crippen molar-refractivity contribution in [3.8, 4) is 0 Å². The molecule has 2 atom stereocenters. The number of nitrogens with two attached hydrogens (primary N) is 1. The maximum Gasteiger partial charge on any atom is 0.408 e. The van der Waals surface area contributed by atoms with Gasteiger partial charge in [0.15, 0.2) is 0 Å². The molecule has 3 amide bonds. The third-order valence-corrected chi connectivity index (χ3v) is 4.77. The molecule has 0 unspecified atom stereocenters. The summed E-state index contributed by atoms with van der Waals surface area (Å²) in [5.41, 5.74) is 3.33.